The number of rotatable bonds is 3. The summed E-state index contributed by atoms with van der Waals surface area (Å²) in [7, 11) is 0. The lowest BCUT2D eigenvalue weighted by Crippen LogP contribution is -2.51. The van der Waals surface area contributed by atoms with Gasteiger partial charge in [0.2, 0.25) is 0 Å². The maximum atomic E-state index is 13.3. The number of non-ortho nitro benzene ring substituents is 1. The van der Waals surface area contributed by atoms with Crippen LogP contribution in [0.5, 0.6) is 0 Å². The molecule has 0 radical (unpaired) electrons. The monoisotopic (exact) mass is 211 g/mol. The fraction of sp³-hybridized carbons (Fsp3) is 0.333. The van der Waals surface area contributed by atoms with Gasteiger partial charge >= 0.3 is 0 Å². The molecule has 1 aliphatic rings. The van der Waals surface area contributed by atoms with Crippen LogP contribution in [0, 0.1) is 15.9 Å². The largest absolute Gasteiger partial charge is 0.377 e. The molecule has 0 amide bonds. The number of benzene rings is 1. The number of nitrogens with one attached hydrogen (secondary N) is 2. The van der Waals surface area contributed by atoms with E-state index in [1.165, 1.54) is 12.1 Å². The summed E-state index contributed by atoms with van der Waals surface area (Å²) in [5, 5.41) is 16.4. The minimum Gasteiger partial charge on any atom is -0.377 e. The summed E-state index contributed by atoms with van der Waals surface area (Å²) in [6.07, 6.45) is 0. The zero-order chi connectivity index (χ0) is 10.8. The summed E-state index contributed by atoms with van der Waals surface area (Å²) in [5.74, 6) is -0.587. The quantitative estimate of drug-likeness (QED) is 0.580. The average Bonchev–Trinajstić information content (AvgIpc) is 2.12. The number of anilines is 1. The first kappa shape index (κ1) is 9.85. The van der Waals surface area contributed by atoms with Gasteiger partial charge in [-0.15, -0.1) is 0 Å². The molecule has 1 aromatic rings. The minimum absolute atomic E-state index is 0.209. The van der Waals surface area contributed by atoms with Gasteiger partial charge in [-0.1, -0.05) is 0 Å². The van der Waals surface area contributed by atoms with E-state index in [0.29, 0.717) is 5.69 Å². The average molecular weight is 211 g/mol. The molecule has 1 fully saturated rings. The van der Waals surface area contributed by atoms with Gasteiger partial charge in [-0.05, 0) is 6.07 Å². The molecule has 2 N–H and O–H groups in total. The van der Waals surface area contributed by atoms with Crippen molar-refractivity contribution in [1.82, 2.24) is 5.32 Å². The van der Waals surface area contributed by atoms with Gasteiger partial charge in [-0.3, -0.25) is 10.1 Å². The summed E-state index contributed by atoms with van der Waals surface area (Å²) in [6.45, 7) is 1.58. The third-order valence-electron chi connectivity index (χ3n) is 2.30. The Balaban J connectivity index is 2.14. The summed E-state index contributed by atoms with van der Waals surface area (Å²) < 4.78 is 13.3. The van der Waals surface area contributed by atoms with Crippen LogP contribution in [0.2, 0.25) is 0 Å². The van der Waals surface area contributed by atoms with Gasteiger partial charge in [0.1, 0.15) is 0 Å². The lowest BCUT2D eigenvalue weighted by atomic mass is 10.1. The van der Waals surface area contributed by atoms with E-state index in [1.54, 1.807) is 0 Å². The first-order valence-corrected chi connectivity index (χ1v) is 4.58. The van der Waals surface area contributed by atoms with Crippen LogP contribution >= 0.6 is 0 Å². The third kappa shape index (κ3) is 2.04. The third-order valence-corrected chi connectivity index (χ3v) is 2.30. The molecule has 0 atom stereocenters. The number of halogens is 1. The van der Waals surface area contributed by atoms with Crippen molar-refractivity contribution in [3.8, 4) is 0 Å². The second-order valence-electron chi connectivity index (χ2n) is 3.42. The van der Waals surface area contributed by atoms with Gasteiger partial charge in [0, 0.05) is 19.2 Å². The van der Waals surface area contributed by atoms with E-state index in [0.717, 1.165) is 19.2 Å². The van der Waals surface area contributed by atoms with Gasteiger partial charge in [0.25, 0.3) is 5.69 Å². The van der Waals surface area contributed by atoms with Crippen LogP contribution in [0.4, 0.5) is 15.8 Å². The van der Waals surface area contributed by atoms with Gasteiger partial charge in [-0.25, -0.2) is 4.39 Å². The molecule has 0 saturated carbocycles. The lowest BCUT2D eigenvalue weighted by Gasteiger charge is -2.29. The maximum absolute atomic E-state index is 13.3. The first-order chi connectivity index (χ1) is 7.16. The fourth-order valence-corrected chi connectivity index (χ4v) is 1.35. The Hall–Kier alpha value is -1.69. The molecule has 0 bridgehead atoms. The van der Waals surface area contributed by atoms with Crippen LogP contribution in [0.1, 0.15) is 0 Å². The van der Waals surface area contributed by atoms with Crippen LogP contribution in [0.25, 0.3) is 0 Å². The molecule has 15 heavy (non-hydrogen) atoms. The number of nitro groups is 1. The molecular formula is C9H10FN3O2. The van der Waals surface area contributed by atoms with Crippen molar-refractivity contribution < 1.29 is 9.31 Å². The summed E-state index contributed by atoms with van der Waals surface area (Å²) >= 11 is 0. The van der Waals surface area contributed by atoms with E-state index in [9.17, 15) is 14.5 Å². The van der Waals surface area contributed by atoms with Gasteiger partial charge < -0.3 is 10.6 Å². The fourth-order valence-electron chi connectivity index (χ4n) is 1.35. The van der Waals surface area contributed by atoms with E-state index in [2.05, 4.69) is 10.6 Å². The van der Waals surface area contributed by atoms with E-state index in [-0.39, 0.29) is 11.7 Å². The zero-order valence-corrected chi connectivity index (χ0v) is 7.87. The Morgan fingerprint density at radius 2 is 2.27 bits per heavy atom. The predicted molar refractivity (Wildman–Crippen MR) is 53.3 cm³/mol. The van der Waals surface area contributed by atoms with E-state index in [1.807, 2.05) is 0 Å². The van der Waals surface area contributed by atoms with E-state index in [4.69, 9.17) is 0 Å². The predicted octanol–water partition coefficient (Wildman–Crippen LogP) is 1.12. The van der Waals surface area contributed by atoms with Crippen LogP contribution < -0.4 is 10.6 Å². The van der Waals surface area contributed by atoms with Crippen molar-refractivity contribution in [2.75, 3.05) is 18.4 Å². The van der Waals surface area contributed by atoms with Crippen molar-refractivity contribution in [2.24, 2.45) is 0 Å². The number of nitro benzene ring substituents is 1. The Morgan fingerprint density at radius 1 is 1.53 bits per heavy atom. The Bertz CT molecular complexity index is 393. The molecule has 1 saturated heterocycles. The molecule has 6 heteroatoms. The summed E-state index contributed by atoms with van der Waals surface area (Å²) in [5.41, 5.74) is 0.0804. The second kappa shape index (κ2) is 3.82. The Kier molecular flexibility index (Phi) is 2.51. The van der Waals surface area contributed by atoms with Crippen LogP contribution in [-0.4, -0.2) is 24.1 Å². The van der Waals surface area contributed by atoms with Crippen LogP contribution in [0.3, 0.4) is 0 Å². The van der Waals surface area contributed by atoms with Crippen LogP contribution in [0.15, 0.2) is 18.2 Å². The topological polar surface area (TPSA) is 67.2 Å². The zero-order valence-electron chi connectivity index (χ0n) is 7.87. The molecule has 2 rings (SSSR count). The van der Waals surface area contributed by atoms with E-state index >= 15 is 0 Å². The Morgan fingerprint density at radius 3 is 2.73 bits per heavy atom. The molecular weight excluding hydrogens is 201 g/mol. The van der Waals surface area contributed by atoms with Crippen LogP contribution in [-0.2, 0) is 0 Å². The van der Waals surface area contributed by atoms with Crippen molar-refractivity contribution in [3.05, 3.63) is 34.1 Å². The van der Waals surface area contributed by atoms with Crippen molar-refractivity contribution in [1.29, 1.82) is 0 Å². The minimum atomic E-state index is -0.613. The van der Waals surface area contributed by atoms with Gasteiger partial charge in [0.15, 0.2) is 5.82 Å². The standard InChI is InChI=1S/C9H10FN3O2/c10-8-3-7(13(14)15)1-2-9(8)12-6-4-11-5-6/h1-3,6,11-12H,4-5H2. The highest BCUT2D eigenvalue weighted by Gasteiger charge is 2.18. The maximum Gasteiger partial charge on any atom is 0.272 e. The first-order valence-electron chi connectivity index (χ1n) is 4.58. The normalized spacial score (nSPS) is 15.8. The summed E-state index contributed by atoms with van der Waals surface area (Å²) in [6, 6.07) is 3.82. The van der Waals surface area contributed by atoms with Crippen molar-refractivity contribution in [2.45, 2.75) is 6.04 Å². The molecule has 5 nitrogen and oxygen atoms in total. The molecule has 0 aromatic heterocycles. The SMILES string of the molecule is O=[N+]([O-])c1ccc(NC2CNC2)c(F)c1. The Labute approximate surface area is 85.4 Å². The highest BCUT2D eigenvalue weighted by molar-refractivity contribution is 5.51. The second-order valence-corrected chi connectivity index (χ2v) is 3.42. The molecule has 1 aromatic carbocycles. The van der Waals surface area contributed by atoms with Gasteiger partial charge in [-0.2, -0.15) is 0 Å². The van der Waals surface area contributed by atoms with Gasteiger partial charge in [0.05, 0.1) is 22.7 Å². The highest BCUT2D eigenvalue weighted by atomic mass is 19.1. The molecule has 1 heterocycles. The molecule has 0 spiro atoms. The molecule has 1 aliphatic heterocycles. The van der Waals surface area contributed by atoms with E-state index < -0.39 is 10.7 Å². The molecule has 80 valence electrons. The number of hydrogen-bond donors (Lipinski definition) is 2. The lowest BCUT2D eigenvalue weighted by molar-refractivity contribution is -0.385. The smallest absolute Gasteiger partial charge is 0.272 e. The molecule has 0 unspecified atom stereocenters. The van der Waals surface area contributed by atoms with Crippen molar-refractivity contribution in [3.63, 3.8) is 0 Å². The number of nitrogens with zero attached hydrogens (tertiary/aromatic N) is 1. The highest BCUT2D eigenvalue weighted by Crippen LogP contribution is 2.21. The summed E-state index contributed by atoms with van der Waals surface area (Å²) in [4.78, 5) is 9.75. The number of hydrogen-bond acceptors (Lipinski definition) is 4. The van der Waals surface area contributed by atoms with Crippen molar-refractivity contribution >= 4 is 11.4 Å². The molecule has 0 aliphatic carbocycles.